The van der Waals surface area contributed by atoms with Crippen molar-refractivity contribution in [1.29, 1.82) is 0 Å². The number of sulfonamides is 1. The second kappa shape index (κ2) is 7.80. The number of aliphatic hydroxyl groups excluding tert-OH is 1. The van der Waals surface area contributed by atoms with Gasteiger partial charge in [0.2, 0.25) is 5.09 Å². The highest BCUT2D eigenvalue weighted by molar-refractivity contribution is 7.99. The van der Waals surface area contributed by atoms with E-state index >= 15 is 0 Å². The molecule has 0 amide bonds. The van der Waals surface area contributed by atoms with E-state index in [0.717, 1.165) is 24.5 Å². The predicted molar refractivity (Wildman–Crippen MR) is 70.8 cm³/mol. The predicted octanol–water partition coefficient (Wildman–Crippen LogP) is 0.132. The first-order chi connectivity index (χ1) is 8.54. The maximum atomic E-state index is 11.0. The minimum atomic E-state index is -3.75. The fourth-order valence-corrected chi connectivity index (χ4v) is 2.54. The summed E-state index contributed by atoms with van der Waals surface area (Å²) in [4.78, 5) is 0. The molecule has 0 saturated heterocycles. The van der Waals surface area contributed by atoms with Crippen LogP contribution in [0.15, 0.2) is 21.6 Å². The molecule has 1 rings (SSSR count). The zero-order chi connectivity index (χ0) is 13.4. The van der Waals surface area contributed by atoms with Crippen molar-refractivity contribution in [2.45, 2.75) is 18.1 Å². The number of hydrogen-bond acceptors (Lipinski definition) is 6. The van der Waals surface area contributed by atoms with E-state index in [1.165, 1.54) is 6.07 Å². The van der Waals surface area contributed by atoms with Gasteiger partial charge >= 0.3 is 0 Å². The summed E-state index contributed by atoms with van der Waals surface area (Å²) in [6.45, 7) is 1.49. The molecular formula is C10H18N2O4S2. The van der Waals surface area contributed by atoms with Gasteiger partial charge in [-0.2, -0.15) is 11.8 Å². The summed E-state index contributed by atoms with van der Waals surface area (Å²) in [5.74, 6) is 2.41. The summed E-state index contributed by atoms with van der Waals surface area (Å²) in [6, 6.07) is 2.94. The quantitative estimate of drug-likeness (QED) is 0.559. The molecule has 4 N–H and O–H groups in total. The van der Waals surface area contributed by atoms with Gasteiger partial charge < -0.3 is 14.8 Å². The number of primary sulfonamides is 1. The van der Waals surface area contributed by atoms with E-state index in [1.807, 2.05) is 0 Å². The number of nitrogens with two attached hydrogens (primary N) is 1. The van der Waals surface area contributed by atoms with Crippen LogP contribution in [0, 0.1) is 0 Å². The second-order valence-corrected chi connectivity index (χ2v) is 6.35. The van der Waals surface area contributed by atoms with E-state index in [-0.39, 0.29) is 11.7 Å². The summed E-state index contributed by atoms with van der Waals surface area (Å²) in [5.41, 5.74) is 0. The van der Waals surface area contributed by atoms with Gasteiger partial charge in [-0.1, -0.05) is 0 Å². The van der Waals surface area contributed by atoms with Gasteiger partial charge in [0.05, 0.1) is 6.54 Å². The first-order valence-corrected chi connectivity index (χ1v) is 8.25. The van der Waals surface area contributed by atoms with Gasteiger partial charge in [0.25, 0.3) is 10.0 Å². The molecule has 1 aromatic heterocycles. The molecule has 0 saturated carbocycles. The molecule has 6 nitrogen and oxygen atoms in total. The van der Waals surface area contributed by atoms with Crippen LogP contribution in [0.25, 0.3) is 0 Å². The van der Waals surface area contributed by atoms with Crippen LogP contribution >= 0.6 is 11.8 Å². The maximum absolute atomic E-state index is 11.0. The Balaban J connectivity index is 2.18. The van der Waals surface area contributed by atoms with E-state index < -0.39 is 10.0 Å². The monoisotopic (exact) mass is 294 g/mol. The molecule has 0 atom stereocenters. The van der Waals surface area contributed by atoms with Gasteiger partial charge in [-0.15, -0.1) is 0 Å². The Labute approximate surface area is 111 Å². The highest BCUT2D eigenvalue weighted by Gasteiger charge is 2.12. The Kier molecular flexibility index (Phi) is 6.72. The average molecular weight is 294 g/mol. The highest BCUT2D eigenvalue weighted by Crippen LogP contribution is 2.11. The Hall–Kier alpha value is -0.540. The summed E-state index contributed by atoms with van der Waals surface area (Å²) in [6.07, 6.45) is 0.806. The van der Waals surface area contributed by atoms with Crippen LogP contribution in [0.1, 0.15) is 12.2 Å². The lowest BCUT2D eigenvalue weighted by atomic mass is 10.4. The van der Waals surface area contributed by atoms with Crippen LogP contribution in [0.4, 0.5) is 0 Å². The minimum absolute atomic E-state index is 0.211. The molecule has 1 aromatic rings. The van der Waals surface area contributed by atoms with Gasteiger partial charge in [0.15, 0.2) is 0 Å². The van der Waals surface area contributed by atoms with Crippen LogP contribution in [0.2, 0.25) is 0 Å². The normalized spacial score (nSPS) is 11.9. The molecule has 8 heteroatoms. The summed E-state index contributed by atoms with van der Waals surface area (Å²) >= 11 is 1.75. The van der Waals surface area contributed by atoms with E-state index in [4.69, 9.17) is 14.7 Å². The number of aliphatic hydroxyl groups is 1. The van der Waals surface area contributed by atoms with Crippen LogP contribution < -0.4 is 10.5 Å². The zero-order valence-corrected chi connectivity index (χ0v) is 11.6. The second-order valence-electron chi connectivity index (χ2n) is 3.63. The van der Waals surface area contributed by atoms with Gasteiger partial charge in [0.1, 0.15) is 5.76 Å². The fourth-order valence-electron chi connectivity index (χ4n) is 1.23. The molecule has 1 heterocycles. The third-order valence-electron chi connectivity index (χ3n) is 2.09. The summed E-state index contributed by atoms with van der Waals surface area (Å²) in [7, 11) is -3.75. The first-order valence-electron chi connectivity index (χ1n) is 5.55. The Bertz CT molecular complexity index is 444. The van der Waals surface area contributed by atoms with Gasteiger partial charge in [0, 0.05) is 18.9 Å². The molecule has 0 bridgehead atoms. The van der Waals surface area contributed by atoms with Crippen LogP contribution in [0.3, 0.4) is 0 Å². The van der Waals surface area contributed by atoms with Crippen molar-refractivity contribution in [3.63, 3.8) is 0 Å². The molecule has 18 heavy (non-hydrogen) atoms. The van der Waals surface area contributed by atoms with Crippen molar-refractivity contribution in [1.82, 2.24) is 5.32 Å². The SMILES string of the molecule is NS(=O)(=O)c1ccc(CNCCSCCCO)o1. The molecule has 0 spiro atoms. The lowest BCUT2D eigenvalue weighted by molar-refractivity contribution is 0.296. The lowest BCUT2D eigenvalue weighted by Gasteiger charge is -2.02. The zero-order valence-electron chi connectivity index (χ0n) is 9.96. The average Bonchev–Trinajstić information content (AvgIpc) is 2.76. The number of nitrogens with one attached hydrogen (secondary N) is 1. The third kappa shape index (κ3) is 5.87. The Morgan fingerprint density at radius 1 is 1.39 bits per heavy atom. The largest absolute Gasteiger partial charge is 0.447 e. The third-order valence-corrected chi connectivity index (χ3v) is 3.94. The molecule has 0 aromatic carbocycles. The van der Waals surface area contributed by atoms with Crippen LogP contribution in [-0.2, 0) is 16.6 Å². The standard InChI is InChI=1S/C10H18N2O4S2/c11-18(14,15)10-3-2-9(16-10)8-12-4-7-17-6-1-5-13/h2-3,12-13H,1,4-8H2,(H2,11,14,15). The van der Waals surface area contributed by atoms with Crippen molar-refractivity contribution in [2.75, 3.05) is 24.7 Å². The smallest absolute Gasteiger partial charge is 0.271 e. The Morgan fingerprint density at radius 2 is 2.17 bits per heavy atom. The van der Waals surface area contributed by atoms with Crippen molar-refractivity contribution >= 4 is 21.8 Å². The van der Waals surface area contributed by atoms with E-state index in [9.17, 15) is 8.42 Å². The first kappa shape index (κ1) is 15.5. The van der Waals surface area contributed by atoms with Crippen molar-refractivity contribution in [3.05, 3.63) is 17.9 Å². The summed E-state index contributed by atoms with van der Waals surface area (Å²) in [5, 5.41) is 16.4. The van der Waals surface area contributed by atoms with E-state index in [2.05, 4.69) is 5.32 Å². The summed E-state index contributed by atoms with van der Waals surface area (Å²) < 4.78 is 27.0. The van der Waals surface area contributed by atoms with Crippen molar-refractivity contribution in [2.24, 2.45) is 5.14 Å². The van der Waals surface area contributed by atoms with E-state index in [1.54, 1.807) is 17.8 Å². The number of hydrogen-bond donors (Lipinski definition) is 3. The number of thioether (sulfide) groups is 1. The fraction of sp³-hybridized carbons (Fsp3) is 0.600. The van der Waals surface area contributed by atoms with Crippen LogP contribution in [-0.4, -0.2) is 38.2 Å². The molecular weight excluding hydrogens is 276 g/mol. The van der Waals surface area contributed by atoms with Crippen molar-refractivity contribution < 1.29 is 17.9 Å². The number of rotatable bonds is 9. The van der Waals surface area contributed by atoms with Gasteiger partial charge in [-0.3, -0.25) is 0 Å². The molecule has 0 aliphatic carbocycles. The highest BCUT2D eigenvalue weighted by atomic mass is 32.2. The van der Waals surface area contributed by atoms with Crippen molar-refractivity contribution in [3.8, 4) is 0 Å². The maximum Gasteiger partial charge on any atom is 0.271 e. The molecule has 104 valence electrons. The molecule has 0 radical (unpaired) electrons. The molecule has 0 aliphatic rings. The molecule has 0 aliphatic heterocycles. The molecule has 0 fully saturated rings. The van der Waals surface area contributed by atoms with Gasteiger partial charge in [-0.25, -0.2) is 13.6 Å². The van der Waals surface area contributed by atoms with E-state index in [0.29, 0.717) is 12.3 Å². The number of furan rings is 1. The molecule has 0 unspecified atom stereocenters. The van der Waals surface area contributed by atoms with Crippen LogP contribution in [0.5, 0.6) is 0 Å². The minimum Gasteiger partial charge on any atom is -0.447 e. The Morgan fingerprint density at radius 3 is 2.78 bits per heavy atom. The topological polar surface area (TPSA) is 106 Å². The lowest BCUT2D eigenvalue weighted by Crippen LogP contribution is -2.16. The van der Waals surface area contributed by atoms with Gasteiger partial charge in [-0.05, 0) is 24.3 Å².